The Balaban J connectivity index is 4.67. The number of nitrogens with two attached hydrogens (primary N) is 1. The summed E-state index contributed by atoms with van der Waals surface area (Å²) in [6.07, 6.45) is -0.119. The molecular formula is C13H22N2O6. The fourth-order valence-corrected chi connectivity index (χ4v) is 1.41. The lowest BCUT2D eigenvalue weighted by molar-refractivity contribution is -0.156. The zero-order chi connectivity index (χ0) is 16.7. The maximum atomic E-state index is 11.8. The molecule has 4 N–H and O–H groups in total. The van der Waals surface area contributed by atoms with Crippen LogP contribution in [-0.2, 0) is 23.9 Å². The Morgan fingerprint density at radius 1 is 1.33 bits per heavy atom. The minimum absolute atomic E-state index is 0.263. The third-order valence-corrected chi connectivity index (χ3v) is 2.47. The van der Waals surface area contributed by atoms with Crippen molar-refractivity contribution in [1.29, 1.82) is 0 Å². The lowest BCUT2D eigenvalue weighted by Crippen LogP contribution is -2.57. The number of aldehydes is 2. The average molecular weight is 302 g/mol. The van der Waals surface area contributed by atoms with E-state index in [1.807, 2.05) is 0 Å². The smallest absolute Gasteiger partial charge is 0.308 e. The molecule has 0 radical (unpaired) electrons. The van der Waals surface area contributed by atoms with Crippen LogP contribution < -0.4 is 11.1 Å². The molecule has 0 aliphatic heterocycles. The summed E-state index contributed by atoms with van der Waals surface area (Å²) in [7, 11) is 0. The standard InChI is InChI=1S/C13H22N2O6/c1-12(2,3)21-10(19)6-9(14)11(20)15-13(7-17,8-18)4-5-16/h5,7,9,18H,4,6,8,14H2,1-3H3,(H,15,20)/t9?,13-/m0/s1. The van der Waals surface area contributed by atoms with E-state index in [4.69, 9.17) is 15.6 Å². The van der Waals surface area contributed by atoms with Crippen molar-refractivity contribution >= 4 is 24.4 Å². The minimum atomic E-state index is -1.72. The van der Waals surface area contributed by atoms with Gasteiger partial charge in [0.15, 0.2) is 0 Å². The number of esters is 1. The highest BCUT2D eigenvalue weighted by atomic mass is 16.6. The first-order chi connectivity index (χ1) is 9.59. The van der Waals surface area contributed by atoms with E-state index < -0.39 is 42.1 Å². The number of carbonyl (C=O) groups excluding carboxylic acids is 4. The Hall–Kier alpha value is -1.80. The Labute approximate surface area is 123 Å². The highest BCUT2D eigenvalue weighted by molar-refractivity contribution is 5.90. The maximum absolute atomic E-state index is 11.8. The number of hydrogen-bond donors (Lipinski definition) is 3. The Morgan fingerprint density at radius 2 is 1.90 bits per heavy atom. The summed E-state index contributed by atoms with van der Waals surface area (Å²) in [5.41, 5.74) is 3.13. The number of nitrogens with one attached hydrogen (secondary N) is 1. The van der Waals surface area contributed by atoms with Gasteiger partial charge < -0.3 is 30.5 Å². The molecule has 0 saturated carbocycles. The van der Waals surface area contributed by atoms with Crippen molar-refractivity contribution in [2.45, 2.75) is 50.8 Å². The van der Waals surface area contributed by atoms with Gasteiger partial charge in [-0.2, -0.15) is 0 Å². The second kappa shape index (κ2) is 7.84. The van der Waals surface area contributed by atoms with Crippen molar-refractivity contribution in [1.82, 2.24) is 5.32 Å². The topological polar surface area (TPSA) is 136 Å². The predicted molar refractivity (Wildman–Crippen MR) is 73.1 cm³/mol. The van der Waals surface area contributed by atoms with Gasteiger partial charge in [-0.3, -0.25) is 9.59 Å². The molecule has 0 saturated heterocycles. The second-order valence-electron chi connectivity index (χ2n) is 5.69. The van der Waals surface area contributed by atoms with Crippen LogP contribution in [0.3, 0.4) is 0 Å². The number of amides is 1. The summed E-state index contributed by atoms with van der Waals surface area (Å²) in [4.78, 5) is 44.8. The van der Waals surface area contributed by atoms with Gasteiger partial charge in [0.2, 0.25) is 5.91 Å². The van der Waals surface area contributed by atoms with E-state index in [0.717, 1.165) is 0 Å². The number of aliphatic hydroxyl groups is 1. The predicted octanol–water partition coefficient (Wildman–Crippen LogP) is -1.32. The second-order valence-corrected chi connectivity index (χ2v) is 5.69. The van der Waals surface area contributed by atoms with Crippen LogP contribution in [0, 0.1) is 0 Å². The van der Waals surface area contributed by atoms with E-state index in [2.05, 4.69) is 5.32 Å². The van der Waals surface area contributed by atoms with Crippen LogP contribution in [0.1, 0.15) is 33.6 Å². The summed E-state index contributed by atoms with van der Waals surface area (Å²) in [6.45, 7) is 4.26. The van der Waals surface area contributed by atoms with Crippen LogP contribution in [0.4, 0.5) is 0 Å². The minimum Gasteiger partial charge on any atom is -0.460 e. The molecule has 1 unspecified atom stereocenters. The number of aliphatic hydroxyl groups excluding tert-OH is 1. The van der Waals surface area contributed by atoms with E-state index in [-0.39, 0.29) is 12.7 Å². The lowest BCUT2D eigenvalue weighted by atomic mass is 9.98. The molecule has 0 aliphatic carbocycles. The van der Waals surface area contributed by atoms with Gasteiger partial charge in [0.1, 0.15) is 23.7 Å². The molecule has 0 bridgehead atoms. The summed E-state index contributed by atoms with van der Waals surface area (Å²) in [6, 6.07) is -1.25. The number of carbonyl (C=O) groups is 4. The normalized spacial score (nSPS) is 15.5. The van der Waals surface area contributed by atoms with Gasteiger partial charge in [-0.15, -0.1) is 0 Å². The first kappa shape index (κ1) is 19.2. The van der Waals surface area contributed by atoms with Gasteiger partial charge in [0, 0.05) is 6.42 Å². The van der Waals surface area contributed by atoms with Gasteiger partial charge in [0.25, 0.3) is 0 Å². The molecule has 2 atom stereocenters. The summed E-state index contributed by atoms with van der Waals surface area (Å²) < 4.78 is 5.01. The van der Waals surface area contributed by atoms with Gasteiger partial charge in [-0.05, 0) is 20.8 Å². The molecule has 0 fully saturated rings. The van der Waals surface area contributed by atoms with Gasteiger partial charge in [-0.25, -0.2) is 0 Å². The van der Waals surface area contributed by atoms with Crippen molar-refractivity contribution in [3.8, 4) is 0 Å². The van der Waals surface area contributed by atoms with Gasteiger partial charge in [0.05, 0.1) is 19.1 Å². The zero-order valence-electron chi connectivity index (χ0n) is 12.4. The molecular weight excluding hydrogens is 280 g/mol. The van der Waals surface area contributed by atoms with E-state index >= 15 is 0 Å². The molecule has 0 rings (SSSR count). The van der Waals surface area contributed by atoms with Crippen LogP contribution in [0.15, 0.2) is 0 Å². The fourth-order valence-electron chi connectivity index (χ4n) is 1.41. The molecule has 0 aromatic heterocycles. The van der Waals surface area contributed by atoms with Crippen LogP contribution in [0.25, 0.3) is 0 Å². The third-order valence-electron chi connectivity index (χ3n) is 2.47. The highest BCUT2D eigenvalue weighted by Crippen LogP contribution is 2.10. The Kier molecular flexibility index (Phi) is 7.17. The van der Waals surface area contributed by atoms with Crippen LogP contribution >= 0.6 is 0 Å². The number of hydrogen-bond acceptors (Lipinski definition) is 7. The van der Waals surface area contributed by atoms with Gasteiger partial charge in [-0.1, -0.05) is 0 Å². The molecule has 1 amide bonds. The van der Waals surface area contributed by atoms with Crippen LogP contribution in [0.2, 0.25) is 0 Å². The van der Waals surface area contributed by atoms with Crippen molar-refractivity contribution in [2.75, 3.05) is 6.61 Å². The molecule has 120 valence electrons. The average Bonchev–Trinajstić information content (AvgIpc) is 2.35. The molecule has 0 spiro atoms. The fraction of sp³-hybridized carbons (Fsp3) is 0.692. The number of ether oxygens (including phenoxy) is 1. The number of rotatable bonds is 8. The van der Waals surface area contributed by atoms with Crippen molar-refractivity contribution in [3.05, 3.63) is 0 Å². The molecule has 0 aromatic rings. The van der Waals surface area contributed by atoms with E-state index in [1.54, 1.807) is 20.8 Å². The van der Waals surface area contributed by atoms with E-state index in [9.17, 15) is 19.2 Å². The zero-order valence-corrected chi connectivity index (χ0v) is 12.4. The first-order valence-corrected chi connectivity index (χ1v) is 6.39. The molecule has 21 heavy (non-hydrogen) atoms. The Bertz CT molecular complexity index is 404. The Morgan fingerprint density at radius 3 is 2.29 bits per heavy atom. The van der Waals surface area contributed by atoms with E-state index in [1.165, 1.54) is 0 Å². The first-order valence-electron chi connectivity index (χ1n) is 6.39. The molecule has 0 heterocycles. The molecule has 0 aliphatic rings. The molecule has 8 heteroatoms. The van der Waals surface area contributed by atoms with Crippen LogP contribution in [-0.4, -0.2) is 53.3 Å². The molecule has 8 nitrogen and oxygen atoms in total. The van der Waals surface area contributed by atoms with Crippen molar-refractivity contribution in [3.63, 3.8) is 0 Å². The summed E-state index contributed by atoms with van der Waals surface area (Å²) in [5, 5.41) is 11.3. The third kappa shape index (κ3) is 6.96. The van der Waals surface area contributed by atoms with Crippen LogP contribution in [0.5, 0.6) is 0 Å². The molecule has 0 aromatic carbocycles. The SMILES string of the molecule is CC(C)(C)OC(=O)CC(N)C(=O)N[C@@](C=O)(CO)CC=O. The monoisotopic (exact) mass is 302 g/mol. The lowest BCUT2D eigenvalue weighted by Gasteiger charge is -2.26. The maximum Gasteiger partial charge on any atom is 0.308 e. The van der Waals surface area contributed by atoms with Crippen molar-refractivity contribution < 1.29 is 29.0 Å². The summed E-state index contributed by atoms with van der Waals surface area (Å²) in [5.74, 6) is -1.50. The van der Waals surface area contributed by atoms with Gasteiger partial charge >= 0.3 is 5.97 Å². The van der Waals surface area contributed by atoms with Crippen molar-refractivity contribution in [2.24, 2.45) is 5.73 Å². The quantitative estimate of drug-likeness (QED) is 0.374. The van der Waals surface area contributed by atoms with E-state index in [0.29, 0.717) is 6.29 Å². The summed E-state index contributed by atoms with van der Waals surface area (Å²) >= 11 is 0. The largest absolute Gasteiger partial charge is 0.460 e. The highest BCUT2D eigenvalue weighted by Gasteiger charge is 2.33.